The smallest absolute Gasteiger partial charge is 0.240 e. The topological polar surface area (TPSA) is 81.4 Å². The molecule has 0 atom stereocenters. The van der Waals surface area contributed by atoms with Crippen LogP contribution in [0.2, 0.25) is 0 Å². The summed E-state index contributed by atoms with van der Waals surface area (Å²) in [7, 11) is -2.03. The molecule has 1 aromatic rings. The van der Waals surface area contributed by atoms with Gasteiger partial charge in [-0.25, -0.2) is 13.1 Å². The molecule has 1 aromatic carbocycles. The van der Waals surface area contributed by atoms with E-state index < -0.39 is 10.0 Å². The Labute approximate surface area is 107 Å². The van der Waals surface area contributed by atoms with Crippen LogP contribution < -0.4 is 15.2 Å². The Morgan fingerprint density at radius 1 is 1.33 bits per heavy atom. The Kier molecular flexibility index (Phi) is 3.58. The summed E-state index contributed by atoms with van der Waals surface area (Å²) in [5.41, 5.74) is 6.02. The molecule has 5 nitrogen and oxygen atoms in total. The molecule has 18 heavy (non-hydrogen) atoms. The molecule has 0 heterocycles. The van der Waals surface area contributed by atoms with Crippen LogP contribution in [0.25, 0.3) is 0 Å². The van der Waals surface area contributed by atoms with E-state index >= 15 is 0 Å². The third-order valence-electron chi connectivity index (χ3n) is 2.84. The van der Waals surface area contributed by atoms with E-state index in [1.807, 2.05) is 12.2 Å². The van der Waals surface area contributed by atoms with Crippen LogP contribution in [0.15, 0.2) is 35.2 Å². The number of benzene rings is 1. The monoisotopic (exact) mass is 268 g/mol. The van der Waals surface area contributed by atoms with E-state index in [9.17, 15) is 8.42 Å². The van der Waals surface area contributed by atoms with Crippen molar-refractivity contribution in [1.29, 1.82) is 0 Å². The van der Waals surface area contributed by atoms with Gasteiger partial charge in [0.15, 0.2) is 0 Å². The van der Waals surface area contributed by atoms with Gasteiger partial charge in [-0.3, -0.25) is 0 Å². The van der Waals surface area contributed by atoms with Gasteiger partial charge in [0.25, 0.3) is 0 Å². The van der Waals surface area contributed by atoms with E-state index in [1.165, 1.54) is 19.2 Å². The fraction of sp³-hybridized carbons (Fsp3) is 0.333. The van der Waals surface area contributed by atoms with Crippen molar-refractivity contribution in [1.82, 2.24) is 4.72 Å². The summed E-state index contributed by atoms with van der Waals surface area (Å²) in [6.07, 6.45) is 5.39. The van der Waals surface area contributed by atoms with Gasteiger partial charge in [0.1, 0.15) is 5.75 Å². The molecule has 0 aliphatic heterocycles. The standard InChI is InChI=1S/C12H16N2O3S/c1-17-12-7-6-10(8-11(12)13)18(15,16)14-9-4-2-3-5-9/h2-3,6-9,14H,4-5,13H2,1H3. The fourth-order valence-corrected chi connectivity index (χ4v) is 3.18. The quantitative estimate of drug-likeness (QED) is 0.636. The Hall–Kier alpha value is -1.53. The first-order valence-electron chi connectivity index (χ1n) is 5.64. The minimum absolute atomic E-state index is 0.0571. The van der Waals surface area contributed by atoms with E-state index in [2.05, 4.69) is 4.72 Å². The normalized spacial score (nSPS) is 16.1. The number of hydrogen-bond acceptors (Lipinski definition) is 4. The molecule has 2 rings (SSSR count). The van der Waals surface area contributed by atoms with Crippen molar-refractivity contribution < 1.29 is 13.2 Å². The first kappa shape index (κ1) is 12.9. The number of nitrogen functional groups attached to an aromatic ring is 1. The highest BCUT2D eigenvalue weighted by atomic mass is 32.2. The van der Waals surface area contributed by atoms with Crippen molar-refractivity contribution in [2.45, 2.75) is 23.8 Å². The molecule has 0 bridgehead atoms. The molecular formula is C12H16N2O3S. The first-order valence-corrected chi connectivity index (χ1v) is 7.12. The highest BCUT2D eigenvalue weighted by Gasteiger charge is 2.21. The van der Waals surface area contributed by atoms with Crippen LogP contribution in [0, 0.1) is 0 Å². The lowest BCUT2D eigenvalue weighted by atomic mass is 10.3. The van der Waals surface area contributed by atoms with Gasteiger partial charge in [0.2, 0.25) is 10.0 Å². The zero-order chi connectivity index (χ0) is 13.2. The number of hydrogen-bond donors (Lipinski definition) is 2. The second-order valence-corrected chi connectivity index (χ2v) is 5.88. The molecule has 6 heteroatoms. The third kappa shape index (κ3) is 2.65. The second-order valence-electron chi connectivity index (χ2n) is 4.16. The van der Waals surface area contributed by atoms with E-state index in [1.54, 1.807) is 6.07 Å². The molecule has 0 fully saturated rings. The zero-order valence-corrected chi connectivity index (χ0v) is 10.9. The first-order chi connectivity index (χ1) is 8.53. The maximum absolute atomic E-state index is 12.1. The largest absolute Gasteiger partial charge is 0.495 e. The Morgan fingerprint density at radius 3 is 2.56 bits per heavy atom. The molecule has 0 aromatic heterocycles. The molecule has 0 amide bonds. The zero-order valence-electron chi connectivity index (χ0n) is 10.1. The van der Waals surface area contributed by atoms with Gasteiger partial charge < -0.3 is 10.5 Å². The fourth-order valence-electron chi connectivity index (χ4n) is 1.88. The van der Waals surface area contributed by atoms with Gasteiger partial charge >= 0.3 is 0 Å². The van der Waals surface area contributed by atoms with Crippen LogP contribution >= 0.6 is 0 Å². The average molecular weight is 268 g/mol. The van der Waals surface area contributed by atoms with Gasteiger partial charge in [-0.2, -0.15) is 0 Å². The van der Waals surface area contributed by atoms with Crippen molar-refractivity contribution in [3.63, 3.8) is 0 Å². The molecule has 0 saturated heterocycles. The van der Waals surface area contributed by atoms with Crippen molar-refractivity contribution in [3.8, 4) is 5.75 Å². The maximum Gasteiger partial charge on any atom is 0.240 e. The second kappa shape index (κ2) is 4.99. The Bertz CT molecular complexity index is 559. The number of methoxy groups -OCH3 is 1. The predicted octanol–water partition coefficient (Wildman–Crippen LogP) is 1.27. The van der Waals surface area contributed by atoms with Gasteiger partial charge in [0.05, 0.1) is 17.7 Å². The lowest BCUT2D eigenvalue weighted by molar-refractivity contribution is 0.416. The van der Waals surface area contributed by atoms with Crippen LogP contribution in [0.4, 0.5) is 5.69 Å². The number of nitrogens with one attached hydrogen (secondary N) is 1. The van der Waals surface area contributed by atoms with Gasteiger partial charge in [-0.15, -0.1) is 0 Å². The van der Waals surface area contributed by atoms with Gasteiger partial charge in [-0.1, -0.05) is 12.2 Å². The highest BCUT2D eigenvalue weighted by molar-refractivity contribution is 7.89. The summed E-state index contributed by atoms with van der Waals surface area (Å²) < 4.78 is 31.9. The Balaban J connectivity index is 2.21. The van der Waals surface area contributed by atoms with Crippen LogP contribution in [-0.4, -0.2) is 21.6 Å². The molecular weight excluding hydrogens is 252 g/mol. The average Bonchev–Trinajstić information content (AvgIpc) is 2.81. The Morgan fingerprint density at radius 2 is 2.00 bits per heavy atom. The number of rotatable bonds is 4. The van der Waals surface area contributed by atoms with E-state index in [0.29, 0.717) is 11.4 Å². The number of ether oxygens (including phenoxy) is 1. The third-order valence-corrected chi connectivity index (χ3v) is 4.36. The van der Waals surface area contributed by atoms with Gasteiger partial charge in [-0.05, 0) is 31.0 Å². The lowest BCUT2D eigenvalue weighted by Gasteiger charge is -2.13. The molecule has 0 radical (unpaired) electrons. The van der Waals surface area contributed by atoms with Crippen molar-refractivity contribution in [2.75, 3.05) is 12.8 Å². The summed E-state index contributed by atoms with van der Waals surface area (Å²) in [4.78, 5) is 0.160. The molecule has 0 spiro atoms. The van der Waals surface area contributed by atoms with E-state index in [0.717, 1.165) is 12.8 Å². The lowest BCUT2D eigenvalue weighted by Crippen LogP contribution is -2.32. The molecule has 0 saturated carbocycles. The number of anilines is 1. The molecule has 98 valence electrons. The molecule has 1 aliphatic carbocycles. The minimum atomic E-state index is -3.52. The predicted molar refractivity (Wildman–Crippen MR) is 69.9 cm³/mol. The van der Waals surface area contributed by atoms with Crippen molar-refractivity contribution >= 4 is 15.7 Å². The van der Waals surface area contributed by atoms with Crippen LogP contribution in [0.3, 0.4) is 0 Å². The number of sulfonamides is 1. The maximum atomic E-state index is 12.1. The summed E-state index contributed by atoms with van der Waals surface area (Å²) >= 11 is 0. The summed E-state index contributed by atoms with van der Waals surface area (Å²) in [5.74, 6) is 0.469. The van der Waals surface area contributed by atoms with Gasteiger partial charge in [0, 0.05) is 6.04 Å². The summed E-state index contributed by atoms with van der Waals surface area (Å²) in [5, 5.41) is 0. The van der Waals surface area contributed by atoms with E-state index in [4.69, 9.17) is 10.5 Å². The van der Waals surface area contributed by atoms with Crippen LogP contribution in [0.1, 0.15) is 12.8 Å². The van der Waals surface area contributed by atoms with Crippen molar-refractivity contribution in [2.24, 2.45) is 0 Å². The van der Waals surface area contributed by atoms with E-state index in [-0.39, 0.29) is 10.9 Å². The SMILES string of the molecule is COc1ccc(S(=O)(=O)NC2CC=CC2)cc1N. The molecule has 0 unspecified atom stereocenters. The van der Waals surface area contributed by atoms with Crippen LogP contribution in [-0.2, 0) is 10.0 Å². The highest BCUT2D eigenvalue weighted by Crippen LogP contribution is 2.25. The number of nitrogens with two attached hydrogens (primary N) is 1. The van der Waals surface area contributed by atoms with Crippen molar-refractivity contribution in [3.05, 3.63) is 30.4 Å². The molecule has 1 aliphatic rings. The minimum Gasteiger partial charge on any atom is -0.495 e. The molecule has 3 N–H and O–H groups in total. The van der Waals surface area contributed by atoms with Crippen LogP contribution in [0.5, 0.6) is 5.75 Å². The summed E-state index contributed by atoms with van der Waals surface area (Å²) in [6, 6.07) is 4.39. The summed E-state index contributed by atoms with van der Waals surface area (Å²) in [6.45, 7) is 0.